The van der Waals surface area contributed by atoms with Crippen LogP contribution in [-0.4, -0.2) is 25.5 Å². The van der Waals surface area contributed by atoms with Gasteiger partial charge in [0.15, 0.2) is 11.5 Å². The van der Waals surface area contributed by atoms with E-state index in [9.17, 15) is 0 Å². The molecular formula is C11H12ClNO2S. The Bertz CT molecular complexity index is 407. The molecule has 1 saturated heterocycles. The Hall–Kier alpha value is -0.580. The summed E-state index contributed by atoms with van der Waals surface area (Å²) in [6, 6.07) is 3.99. The van der Waals surface area contributed by atoms with E-state index in [1.807, 2.05) is 23.9 Å². The third-order valence-electron chi connectivity index (χ3n) is 2.64. The van der Waals surface area contributed by atoms with Crippen LogP contribution in [0.4, 0.5) is 0 Å². The van der Waals surface area contributed by atoms with E-state index in [-0.39, 0.29) is 0 Å². The van der Waals surface area contributed by atoms with E-state index < -0.39 is 0 Å². The van der Waals surface area contributed by atoms with E-state index in [0.717, 1.165) is 23.6 Å². The van der Waals surface area contributed by atoms with Gasteiger partial charge in [-0.05, 0) is 17.7 Å². The zero-order chi connectivity index (χ0) is 11.0. The van der Waals surface area contributed by atoms with Gasteiger partial charge < -0.3 is 14.8 Å². The van der Waals surface area contributed by atoms with E-state index in [0.29, 0.717) is 29.4 Å². The molecule has 0 aliphatic carbocycles. The smallest absolute Gasteiger partial charge is 0.179 e. The highest BCUT2D eigenvalue weighted by molar-refractivity contribution is 7.99. The first kappa shape index (κ1) is 10.6. The van der Waals surface area contributed by atoms with Crippen molar-refractivity contribution in [1.29, 1.82) is 0 Å². The minimum atomic E-state index is 0.327. The maximum absolute atomic E-state index is 6.18. The van der Waals surface area contributed by atoms with Crippen LogP contribution in [0.2, 0.25) is 5.02 Å². The van der Waals surface area contributed by atoms with Gasteiger partial charge in [0.2, 0.25) is 0 Å². The van der Waals surface area contributed by atoms with Crippen molar-refractivity contribution in [2.24, 2.45) is 0 Å². The first-order valence-corrected chi connectivity index (χ1v) is 6.71. The molecule has 16 heavy (non-hydrogen) atoms. The van der Waals surface area contributed by atoms with Crippen LogP contribution in [-0.2, 0) is 0 Å². The highest BCUT2D eigenvalue weighted by Gasteiger charge is 2.22. The molecule has 1 fully saturated rings. The molecule has 2 aliphatic rings. The molecule has 2 aliphatic heterocycles. The highest BCUT2D eigenvalue weighted by atomic mass is 35.5. The first-order chi connectivity index (χ1) is 7.84. The molecule has 0 spiro atoms. The largest absolute Gasteiger partial charge is 0.486 e. The molecule has 0 saturated carbocycles. The normalized spacial score (nSPS) is 23.4. The summed E-state index contributed by atoms with van der Waals surface area (Å²) in [6.07, 6.45) is 0. The molecule has 0 aromatic heterocycles. The minimum Gasteiger partial charge on any atom is -0.486 e. The number of ether oxygens (including phenoxy) is 2. The number of hydrogen-bond acceptors (Lipinski definition) is 4. The van der Waals surface area contributed by atoms with Crippen LogP contribution in [0.1, 0.15) is 10.9 Å². The lowest BCUT2D eigenvalue weighted by Crippen LogP contribution is -2.17. The zero-order valence-electron chi connectivity index (χ0n) is 8.66. The molecule has 0 bridgehead atoms. The van der Waals surface area contributed by atoms with Crippen molar-refractivity contribution >= 4 is 23.4 Å². The summed E-state index contributed by atoms with van der Waals surface area (Å²) in [4.78, 5) is 0. The van der Waals surface area contributed by atoms with Gasteiger partial charge in [-0.25, -0.2) is 0 Å². The van der Waals surface area contributed by atoms with Crippen molar-refractivity contribution in [2.75, 3.05) is 25.5 Å². The van der Waals surface area contributed by atoms with Crippen LogP contribution in [0.15, 0.2) is 12.1 Å². The van der Waals surface area contributed by atoms with Crippen molar-refractivity contribution in [3.05, 3.63) is 22.7 Å². The Morgan fingerprint density at radius 2 is 2.19 bits per heavy atom. The summed E-state index contributed by atoms with van der Waals surface area (Å²) in [6.45, 7) is 2.21. The van der Waals surface area contributed by atoms with Crippen LogP contribution in [0.5, 0.6) is 11.5 Å². The van der Waals surface area contributed by atoms with E-state index >= 15 is 0 Å². The van der Waals surface area contributed by atoms with E-state index in [2.05, 4.69) is 5.32 Å². The van der Waals surface area contributed by atoms with E-state index in [4.69, 9.17) is 21.1 Å². The lowest BCUT2D eigenvalue weighted by molar-refractivity contribution is 0.171. The molecule has 86 valence electrons. The van der Waals surface area contributed by atoms with Gasteiger partial charge in [-0.15, -0.1) is 11.8 Å². The van der Waals surface area contributed by atoms with Gasteiger partial charge >= 0.3 is 0 Å². The fourth-order valence-electron chi connectivity index (χ4n) is 1.92. The topological polar surface area (TPSA) is 30.5 Å². The predicted molar refractivity (Wildman–Crippen MR) is 65.6 cm³/mol. The number of halogens is 1. The number of nitrogens with one attached hydrogen (secondary N) is 1. The Labute approximate surface area is 103 Å². The lowest BCUT2D eigenvalue weighted by Gasteiger charge is -2.21. The molecule has 1 aromatic rings. The summed E-state index contributed by atoms with van der Waals surface area (Å²) in [5, 5.41) is 4.38. The van der Waals surface area contributed by atoms with Gasteiger partial charge in [0.25, 0.3) is 0 Å². The molecule has 1 atom stereocenters. The van der Waals surface area contributed by atoms with Crippen molar-refractivity contribution in [3.63, 3.8) is 0 Å². The predicted octanol–water partition coefficient (Wildman–Crippen LogP) is 2.45. The maximum atomic E-state index is 6.18. The molecule has 1 aromatic carbocycles. The summed E-state index contributed by atoms with van der Waals surface area (Å²) in [5.74, 6) is 2.58. The van der Waals surface area contributed by atoms with Crippen molar-refractivity contribution in [2.45, 2.75) is 5.37 Å². The lowest BCUT2D eigenvalue weighted by atomic mass is 10.2. The molecule has 3 nitrogen and oxygen atoms in total. The van der Waals surface area contributed by atoms with E-state index in [1.165, 1.54) is 0 Å². The zero-order valence-corrected chi connectivity index (χ0v) is 10.2. The molecule has 5 heteroatoms. The number of hydrogen-bond donors (Lipinski definition) is 1. The average Bonchev–Trinajstić information content (AvgIpc) is 2.82. The van der Waals surface area contributed by atoms with Gasteiger partial charge in [-0.1, -0.05) is 11.6 Å². The van der Waals surface area contributed by atoms with Gasteiger partial charge in [-0.3, -0.25) is 0 Å². The maximum Gasteiger partial charge on any atom is 0.179 e. The molecule has 1 unspecified atom stereocenters. The monoisotopic (exact) mass is 257 g/mol. The summed E-state index contributed by atoms with van der Waals surface area (Å²) in [7, 11) is 0. The summed E-state index contributed by atoms with van der Waals surface area (Å²) < 4.78 is 11.0. The van der Waals surface area contributed by atoms with Crippen LogP contribution >= 0.6 is 23.4 Å². The van der Waals surface area contributed by atoms with Crippen molar-refractivity contribution in [3.8, 4) is 11.5 Å². The van der Waals surface area contributed by atoms with Crippen LogP contribution in [0.3, 0.4) is 0 Å². The third-order valence-corrected chi connectivity index (χ3v) is 4.13. The van der Waals surface area contributed by atoms with Crippen LogP contribution in [0, 0.1) is 0 Å². The molecule has 0 amide bonds. The molecule has 0 radical (unpaired) electrons. The van der Waals surface area contributed by atoms with Gasteiger partial charge in [0.05, 0.1) is 10.4 Å². The quantitative estimate of drug-likeness (QED) is 0.837. The Morgan fingerprint density at radius 3 is 3.00 bits per heavy atom. The van der Waals surface area contributed by atoms with Crippen molar-refractivity contribution < 1.29 is 9.47 Å². The SMILES string of the molecule is Clc1cc(C2NCCS2)cc2c1OCCO2. The Balaban J connectivity index is 1.97. The Kier molecular flexibility index (Phi) is 2.88. The number of benzene rings is 1. The molecule has 2 heterocycles. The number of thioether (sulfide) groups is 1. The minimum absolute atomic E-state index is 0.327. The second-order valence-electron chi connectivity index (χ2n) is 3.73. The fourth-order valence-corrected chi connectivity index (χ4v) is 3.23. The standard InChI is InChI=1S/C11H12ClNO2S/c12-8-5-7(11-13-1-4-16-11)6-9-10(8)15-3-2-14-9/h5-6,11,13H,1-4H2. The van der Waals surface area contributed by atoms with Gasteiger partial charge in [-0.2, -0.15) is 0 Å². The van der Waals surface area contributed by atoms with Crippen LogP contribution in [0.25, 0.3) is 0 Å². The molecule has 1 N–H and O–H groups in total. The van der Waals surface area contributed by atoms with Crippen LogP contribution < -0.4 is 14.8 Å². The average molecular weight is 258 g/mol. The summed E-state index contributed by atoms with van der Waals surface area (Å²) >= 11 is 8.07. The molecular weight excluding hydrogens is 246 g/mol. The molecule has 3 rings (SSSR count). The number of fused-ring (bicyclic) bond motifs is 1. The Morgan fingerprint density at radius 1 is 1.31 bits per heavy atom. The first-order valence-electron chi connectivity index (χ1n) is 5.28. The second kappa shape index (κ2) is 4.35. The third kappa shape index (κ3) is 1.85. The van der Waals surface area contributed by atoms with Gasteiger partial charge in [0, 0.05) is 12.3 Å². The van der Waals surface area contributed by atoms with Gasteiger partial charge in [0.1, 0.15) is 13.2 Å². The highest BCUT2D eigenvalue weighted by Crippen LogP contribution is 2.42. The second-order valence-corrected chi connectivity index (χ2v) is 5.35. The summed E-state index contributed by atoms with van der Waals surface area (Å²) in [5.41, 5.74) is 1.16. The van der Waals surface area contributed by atoms with Crippen molar-refractivity contribution in [1.82, 2.24) is 5.32 Å². The fraction of sp³-hybridized carbons (Fsp3) is 0.455. The number of rotatable bonds is 1. The van der Waals surface area contributed by atoms with E-state index in [1.54, 1.807) is 0 Å².